The summed E-state index contributed by atoms with van der Waals surface area (Å²) in [5.74, 6) is 0. The molecule has 1 aliphatic rings. The van der Waals surface area contributed by atoms with Crippen LogP contribution in [0.15, 0.2) is 53.7 Å². The van der Waals surface area contributed by atoms with Crippen molar-refractivity contribution in [1.82, 2.24) is 19.6 Å². The molecule has 4 rings (SSSR count). The molecular formula is C22H25N5O4. The number of aromatic nitrogens is 4. The first kappa shape index (κ1) is 20.8. The van der Waals surface area contributed by atoms with E-state index in [9.17, 15) is 14.7 Å². The van der Waals surface area contributed by atoms with Crippen LogP contribution in [0.2, 0.25) is 0 Å². The third-order valence-corrected chi connectivity index (χ3v) is 5.32. The second kappa shape index (κ2) is 9.13. The van der Waals surface area contributed by atoms with Crippen LogP contribution in [0.25, 0.3) is 5.69 Å². The average molecular weight is 423 g/mol. The zero-order valence-electron chi connectivity index (χ0n) is 17.3. The van der Waals surface area contributed by atoms with E-state index >= 15 is 0 Å². The van der Waals surface area contributed by atoms with E-state index in [4.69, 9.17) is 4.74 Å². The van der Waals surface area contributed by atoms with Gasteiger partial charge in [0.1, 0.15) is 11.4 Å². The zero-order chi connectivity index (χ0) is 21.8. The normalized spacial score (nSPS) is 16.2. The monoisotopic (exact) mass is 423 g/mol. The van der Waals surface area contributed by atoms with E-state index in [0.29, 0.717) is 24.4 Å². The molecule has 1 amide bonds. The number of rotatable bonds is 6. The van der Waals surface area contributed by atoms with Gasteiger partial charge in [-0.15, -0.1) is 0 Å². The highest BCUT2D eigenvalue weighted by Gasteiger charge is 2.22. The molecule has 162 valence electrons. The topological polar surface area (TPSA) is 102 Å². The molecule has 0 bridgehead atoms. The Labute approximate surface area is 179 Å². The van der Waals surface area contributed by atoms with Crippen LogP contribution in [0.1, 0.15) is 30.5 Å². The minimum absolute atomic E-state index is 0.101. The van der Waals surface area contributed by atoms with E-state index in [-0.39, 0.29) is 18.1 Å². The highest BCUT2D eigenvalue weighted by molar-refractivity contribution is 5.86. The van der Waals surface area contributed by atoms with E-state index in [1.807, 2.05) is 13.1 Å². The molecule has 9 nitrogen and oxygen atoms in total. The predicted molar refractivity (Wildman–Crippen MR) is 115 cm³/mol. The predicted octanol–water partition coefficient (Wildman–Crippen LogP) is 2.61. The number of carbonyl (C=O) groups is 1. The van der Waals surface area contributed by atoms with Crippen molar-refractivity contribution in [1.29, 1.82) is 0 Å². The molecule has 31 heavy (non-hydrogen) atoms. The molecule has 1 saturated heterocycles. The number of hydrogen-bond acceptors (Lipinski definition) is 5. The molecule has 3 heterocycles. The fourth-order valence-electron chi connectivity index (χ4n) is 3.72. The molecule has 0 aliphatic carbocycles. The fourth-order valence-corrected chi connectivity index (χ4v) is 3.72. The van der Waals surface area contributed by atoms with E-state index in [2.05, 4.69) is 10.2 Å². The van der Waals surface area contributed by atoms with E-state index in [1.165, 1.54) is 11.0 Å². The molecule has 1 aliphatic heterocycles. The summed E-state index contributed by atoms with van der Waals surface area (Å²) >= 11 is 0. The van der Waals surface area contributed by atoms with E-state index < -0.39 is 6.09 Å². The molecule has 9 heteroatoms. The maximum absolute atomic E-state index is 12.4. The van der Waals surface area contributed by atoms with Crippen LogP contribution in [0, 0.1) is 0 Å². The van der Waals surface area contributed by atoms with E-state index in [0.717, 1.165) is 30.5 Å². The molecule has 0 saturated carbocycles. The maximum atomic E-state index is 12.4. The van der Waals surface area contributed by atoms with Crippen molar-refractivity contribution in [2.24, 2.45) is 7.05 Å². The van der Waals surface area contributed by atoms with Crippen LogP contribution in [-0.2, 0) is 18.2 Å². The third-order valence-electron chi connectivity index (χ3n) is 5.32. The third kappa shape index (κ3) is 5.00. The quantitative estimate of drug-likeness (QED) is 0.654. The van der Waals surface area contributed by atoms with Gasteiger partial charge in [0.2, 0.25) is 5.43 Å². The lowest BCUT2D eigenvalue weighted by atomic mass is 10.1. The summed E-state index contributed by atoms with van der Waals surface area (Å²) in [6.45, 7) is 0.956. The van der Waals surface area contributed by atoms with Gasteiger partial charge in [0.25, 0.3) is 0 Å². The van der Waals surface area contributed by atoms with Crippen LogP contribution in [0.5, 0.6) is 0 Å². The Morgan fingerprint density at radius 1 is 1.32 bits per heavy atom. The Bertz CT molecular complexity index is 1120. The lowest BCUT2D eigenvalue weighted by Crippen LogP contribution is -2.39. The van der Waals surface area contributed by atoms with Crippen LogP contribution >= 0.6 is 0 Å². The first-order valence-corrected chi connectivity index (χ1v) is 10.3. The summed E-state index contributed by atoms with van der Waals surface area (Å²) in [5, 5.41) is 18.3. The molecule has 1 atom stereocenters. The number of hydrogen-bond donors (Lipinski definition) is 1. The first-order valence-electron chi connectivity index (χ1n) is 10.3. The zero-order valence-corrected chi connectivity index (χ0v) is 17.3. The Morgan fingerprint density at radius 3 is 2.90 bits per heavy atom. The maximum Gasteiger partial charge on any atom is 0.411 e. The standard InChI is InChI=1S/C22H25N5O4/c1-25-14-18(13-23-25)27-9-8-21(28)20(24-27)12-16-5-4-6-17(11-16)26(22(29)30)15-19-7-2-3-10-31-19/h4-6,8-9,11,13-14,19H,2-3,7,10,12,15H2,1H3,(H,29,30). The van der Waals surface area contributed by atoms with Gasteiger partial charge >= 0.3 is 6.09 Å². The minimum Gasteiger partial charge on any atom is -0.465 e. The lowest BCUT2D eigenvalue weighted by Gasteiger charge is -2.28. The largest absolute Gasteiger partial charge is 0.465 e. The number of nitrogens with zero attached hydrogens (tertiary/aromatic N) is 5. The van der Waals surface area contributed by atoms with E-state index in [1.54, 1.807) is 46.2 Å². The first-order chi connectivity index (χ1) is 15.0. The van der Waals surface area contributed by atoms with Gasteiger partial charge in [-0.25, -0.2) is 9.48 Å². The summed E-state index contributed by atoms with van der Waals surface area (Å²) in [7, 11) is 1.81. The average Bonchev–Trinajstić information content (AvgIpc) is 3.20. The molecular weight excluding hydrogens is 398 g/mol. The second-order valence-corrected chi connectivity index (χ2v) is 7.67. The fraction of sp³-hybridized carbons (Fsp3) is 0.364. The van der Waals surface area contributed by atoms with Crippen molar-refractivity contribution in [2.45, 2.75) is 31.8 Å². The summed E-state index contributed by atoms with van der Waals surface area (Å²) in [4.78, 5) is 25.6. The number of anilines is 1. The number of carboxylic acid groups (broad SMARTS) is 1. The van der Waals surface area contributed by atoms with Crippen LogP contribution in [-0.4, -0.2) is 50.0 Å². The van der Waals surface area contributed by atoms with Crippen LogP contribution in [0.3, 0.4) is 0 Å². The van der Waals surface area contributed by atoms with Gasteiger partial charge in [-0.2, -0.15) is 10.2 Å². The van der Waals surface area contributed by atoms with Crippen molar-refractivity contribution >= 4 is 11.8 Å². The lowest BCUT2D eigenvalue weighted by molar-refractivity contribution is 0.0211. The van der Waals surface area contributed by atoms with Gasteiger partial charge in [-0.1, -0.05) is 12.1 Å². The number of amides is 1. The number of ether oxygens (including phenoxy) is 1. The van der Waals surface area contributed by atoms with Crippen molar-refractivity contribution in [3.8, 4) is 5.69 Å². The van der Waals surface area contributed by atoms with Crippen molar-refractivity contribution in [2.75, 3.05) is 18.1 Å². The molecule has 1 N–H and O–H groups in total. The molecule has 0 spiro atoms. The molecule has 1 unspecified atom stereocenters. The van der Waals surface area contributed by atoms with Gasteiger partial charge in [0.05, 0.1) is 25.0 Å². The molecule has 1 fully saturated rings. The SMILES string of the molecule is Cn1cc(-n2ccc(=O)c(Cc3cccc(N(CC4CCCCO4)C(=O)O)c3)n2)cn1. The molecule has 2 aromatic heterocycles. The van der Waals surface area contributed by atoms with Gasteiger partial charge in [-0.05, 0) is 37.0 Å². The Kier molecular flexibility index (Phi) is 6.13. The summed E-state index contributed by atoms with van der Waals surface area (Å²) in [5.41, 5.74) is 2.32. The minimum atomic E-state index is -1.02. The Balaban J connectivity index is 1.56. The summed E-state index contributed by atoms with van der Waals surface area (Å²) in [6, 6.07) is 8.68. The number of benzene rings is 1. The molecule has 1 aromatic carbocycles. The highest BCUT2D eigenvalue weighted by atomic mass is 16.5. The molecule has 0 radical (unpaired) electrons. The second-order valence-electron chi connectivity index (χ2n) is 7.67. The van der Waals surface area contributed by atoms with Gasteiger partial charge in [-0.3, -0.25) is 14.4 Å². The summed E-state index contributed by atoms with van der Waals surface area (Å²) < 4.78 is 8.98. The molecule has 3 aromatic rings. The Hall–Kier alpha value is -3.46. The smallest absolute Gasteiger partial charge is 0.411 e. The Morgan fingerprint density at radius 2 is 2.19 bits per heavy atom. The summed E-state index contributed by atoms with van der Waals surface area (Å²) in [6.07, 6.45) is 7.15. The number of aryl methyl sites for hydroxylation is 1. The highest BCUT2D eigenvalue weighted by Crippen LogP contribution is 2.21. The van der Waals surface area contributed by atoms with Gasteiger partial charge < -0.3 is 9.84 Å². The van der Waals surface area contributed by atoms with Crippen LogP contribution in [0.4, 0.5) is 10.5 Å². The van der Waals surface area contributed by atoms with Crippen molar-refractivity contribution in [3.05, 3.63) is 70.4 Å². The van der Waals surface area contributed by atoms with Crippen LogP contribution < -0.4 is 10.3 Å². The van der Waals surface area contributed by atoms with Gasteiger partial charge in [0, 0.05) is 38.0 Å². The van der Waals surface area contributed by atoms with Gasteiger partial charge in [0.15, 0.2) is 0 Å². The van der Waals surface area contributed by atoms with Crippen molar-refractivity contribution in [3.63, 3.8) is 0 Å². The van der Waals surface area contributed by atoms with Crippen molar-refractivity contribution < 1.29 is 14.6 Å².